The maximum atomic E-state index is 10.1. The number of carbonyl (C=O) groups excluding carboxylic acids is 1. The Kier molecular flexibility index (Phi) is 6.35. The van der Waals surface area contributed by atoms with E-state index in [4.69, 9.17) is 5.26 Å². The minimum absolute atomic E-state index is 0.626. The highest BCUT2D eigenvalue weighted by molar-refractivity contribution is 5.73. The van der Waals surface area contributed by atoms with Gasteiger partial charge in [-0.3, -0.25) is 14.8 Å². The maximum absolute atomic E-state index is 10.1. The summed E-state index contributed by atoms with van der Waals surface area (Å²) < 4.78 is 0. The number of aromatic nitrogens is 2. The third-order valence-electron chi connectivity index (χ3n) is 2.35. The van der Waals surface area contributed by atoms with Gasteiger partial charge in [0, 0.05) is 35.4 Å². The lowest BCUT2D eigenvalue weighted by atomic mass is 10.2. The summed E-state index contributed by atoms with van der Waals surface area (Å²) in [5.74, 6) is 0. The van der Waals surface area contributed by atoms with Crippen LogP contribution in [0.3, 0.4) is 0 Å². The number of nitriles is 1. The smallest absolute Gasteiger partial charge is 0.151 e. The molecule has 0 N–H and O–H groups in total. The molecule has 2 aromatic rings. The van der Waals surface area contributed by atoms with E-state index >= 15 is 0 Å². The second-order valence-corrected chi connectivity index (χ2v) is 4.05. The molecule has 0 saturated heterocycles. The van der Waals surface area contributed by atoms with Crippen molar-refractivity contribution >= 4 is 12.4 Å². The van der Waals surface area contributed by atoms with Crippen LogP contribution in [-0.4, -0.2) is 16.3 Å². The van der Waals surface area contributed by atoms with Crippen LogP contribution in [0.15, 0.2) is 42.7 Å². The van der Waals surface area contributed by atoms with Crippen molar-refractivity contribution < 1.29 is 4.79 Å². The van der Waals surface area contributed by atoms with Gasteiger partial charge in [0.1, 0.15) is 0 Å². The third-order valence-corrected chi connectivity index (χ3v) is 2.35. The van der Waals surface area contributed by atoms with Crippen molar-refractivity contribution in [3.05, 3.63) is 65.2 Å². The number of pyridine rings is 2. The molecular formula is C16H15N3O. The average molecular weight is 265 g/mol. The number of nitrogens with zero attached hydrogens (tertiary/aromatic N) is 3. The van der Waals surface area contributed by atoms with E-state index in [1.165, 1.54) is 6.08 Å². The Bertz CT molecular complexity index is 608. The first kappa shape index (κ1) is 15.3. The largest absolute Gasteiger partial charge is 0.298 e. The Hall–Kier alpha value is -2.80. The molecule has 0 aromatic carbocycles. The fourth-order valence-corrected chi connectivity index (χ4v) is 1.26. The Morgan fingerprint density at radius 2 is 1.55 bits per heavy atom. The van der Waals surface area contributed by atoms with Crippen LogP contribution >= 0.6 is 0 Å². The zero-order chi connectivity index (χ0) is 14.8. The van der Waals surface area contributed by atoms with Crippen LogP contribution in [0.1, 0.15) is 27.3 Å². The lowest BCUT2D eigenvalue weighted by molar-refractivity contribution is 0.112. The molecule has 0 radical (unpaired) electrons. The number of aldehydes is 1. The summed E-state index contributed by atoms with van der Waals surface area (Å²) in [4.78, 5) is 18.1. The van der Waals surface area contributed by atoms with Crippen molar-refractivity contribution in [2.45, 2.75) is 13.8 Å². The van der Waals surface area contributed by atoms with Crippen LogP contribution in [0.5, 0.6) is 0 Å². The molecule has 0 atom stereocenters. The molecule has 0 aliphatic carbocycles. The monoisotopic (exact) mass is 265 g/mol. The summed E-state index contributed by atoms with van der Waals surface area (Å²) in [6.07, 6.45) is 7.25. The molecule has 0 spiro atoms. The predicted molar refractivity (Wildman–Crippen MR) is 78.0 cm³/mol. The maximum Gasteiger partial charge on any atom is 0.151 e. The van der Waals surface area contributed by atoms with Gasteiger partial charge in [-0.2, -0.15) is 5.26 Å². The van der Waals surface area contributed by atoms with Gasteiger partial charge in [0.25, 0.3) is 0 Å². The zero-order valence-electron chi connectivity index (χ0n) is 11.4. The molecular weight excluding hydrogens is 250 g/mol. The molecule has 2 aromatic heterocycles. The van der Waals surface area contributed by atoms with Crippen LogP contribution < -0.4 is 0 Å². The Balaban J connectivity index is 0.000000204. The van der Waals surface area contributed by atoms with E-state index in [1.54, 1.807) is 24.5 Å². The van der Waals surface area contributed by atoms with Gasteiger partial charge in [-0.25, -0.2) is 0 Å². The molecule has 100 valence electrons. The first-order valence-corrected chi connectivity index (χ1v) is 6.02. The third kappa shape index (κ3) is 5.69. The van der Waals surface area contributed by atoms with Gasteiger partial charge in [-0.15, -0.1) is 0 Å². The van der Waals surface area contributed by atoms with E-state index in [0.717, 1.165) is 23.2 Å². The standard InChI is InChI=1S/C9H8N2.C7H7NO/c1-8-4-5-9(7-11-8)3-2-6-10;1-6-2-3-7(5-9)4-8-6/h2-5,7H,1H3;2-5H,1H3. The Morgan fingerprint density at radius 3 is 1.95 bits per heavy atom. The molecule has 0 aliphatic heterocycles. The molecule has 2 rings (SSSR count). The van der Waals surface area contributed by atoms with Crippen molar-refractivity contribution in [1.29, 1.82) is 5.26 Å². The summed E-state index contributed by atoms with van der Waals surface area (Å²) >= 11 is 0. The lowest BCUT2D eigenvalue weighted by Crippen LogP contribution is -1.82. The SMILES string of the molecule is Cc1ccc(C=CC#N)cn1.Cc1ccc(C=O)cn1. The van der Waals surface area contributed by atoms with Gasteiger partial charge in [0.15, 0.2) is 6.29 Å². The fourth-order valence-electron chi connectivity index (χ4n) is 1.26. The summed E-state index contributed by atoms with van der Waals surface area (Å²) in [6.45, 7) is 3.81. The van der Waals surface area contributed by atoms with Crippen LogP contribution in [0.25, 0.3) is 6.08 Å². The molecule has 0 saturated carbocycles. The highest BCUT2D eigenvalue weighted by Crippen LogP contribution is 2.00. The Morgan fingerprint density at radius 1 is 1.00 bits per heavy atom. The summed E-state index contributed by atoms with van der Waals surface area (Å²) in [5, 5.41) is 8.22. The molecule has 4 nitrogen and oxygen atoms in total. The molecule has 0 unspecified atom stereocenters. The highest BCUT2D eigenvalue weighted by Gasteiger charge is 1.86. The summed E-state index contributed by atoms with van der Waals surface area (Å²) in [6, 6.07) is 9.32. The van der Waals surface area contributed by atoms with E-state index in [-0.39, 0.29) is 0 Å². The molecule has 4 heteroatoms. The number of allylic oxidation sites excluding steroid dienone is 1. The van der Waals surface area contributed by atoms with Gasteiger partial charge >= 0.3 is 0 Å². The van der Waals surface area contributed by atoms with Crippen molar-refractivity contribution in [1.82, 2.24) is 9.97 Å². The second kappa shape index (κ2) is 8.33. The van der Waals surface area contributed by atoms with Crippen molar-refractivity contribution in [2.75, 3.05) is 0 Å². The van der Waals surface area contributed by atoms with E-state index in [1.807, 2.05) is 38.1 Å². The van der Waals surface area contributed by atoms with Crippen molar-refractivity contribution in [3.8, 4) is 6.07 Å². The van der Waals surface area contributed by atoms with Crippen LogP contribution in [-0.2, 0) is 0 Å². The van der Waals surface area contributed by atoms with Gasteiger partial charge in [0.05, 0.1) is 6.07 Å². The topological polar surface area (TPSA) is 66.6 Å². The minimum Gasteiger partial charge on any atom is -0.298 e. The van der Waals surface area contributed by atoms with Gasteiger partial charge in [0.2, 0.25) is 0 Å². The number of rotatable bonds is 2. The Labute approximate surface area is 118 Å². The predicted octanol–water partition coefficient (Wildman–Crippen LogP) is 3.13. The number of carbonyl (C=O) groups is 1. The van der Waals surface area contributed by atoms with Crippen LogP contribution in [0.2, 0.25) is 0 Å². The number of hydrogen-bond donors (Lipinski definition) is 0. The zero-order valence-corrected chi connectivity index (χ0v) is 11.4. The first-order chi connectivity index (χ1) is 9.65. The van der Waals surface area contributed by atoms with E-state index in [2.05, 4.69) is 9.97 Å². The number of hydrogen-bond acceptors (Lipinski definition) is 4. The highest BCUT2D eigenvalue weighted by atomic mass is 16.1. The number of aryl methyl sites for hydroxylation is 2. The molecule has 0 amide bonds. The van der Waals surface area contributed by atoms with Crippen molar-refractivity contribution in [2.24, 2.45) is 0 Å². The van der Waals surface area contributed by atoms with E-state index in [0.29, 0.717) is 5.56 Å². The normalized spacial score (nSPS) is 9.45. The minimum atomic E-state index is 0.626. The molecule has 0 fully saturated rings. The summed E-state index contributed by atoms with van der Waals surface area (Å²) in [7, 11) is 0. The summed E-state index contributed by atoms with van der Waals surface area (Å²) in [5.41, 5.74) is 3.50. The molecule has 2 heterocycles. The first-order valence-electron chi connectivity index (χ1n) is 6.02. The second-order valence-electron chi connectivity index (χ2n) is 4.05. The lowest BCUT2D eigenvalue weighted by Gasteiger charge is -1.91. The average Bonchev–Trinajstić information content (AvgIpc) is 2.48. The van der Waals surface area contributed by atoms with E-state index in [9.17, 15) is 4.79 Å². The van der Waals surface area contributed by atoms with Crippen LogP contribution in [0, 0.1) is 25.2 Å². The molecule has 20 heavy (non-hydrogen) atoms. The van der Waals surface area contributed by atoms with E-state index < -0.39 is 0 Å². The van der Waals surface area contributed by atoms with Crippen molar-refractivity contribution in [3.63, 3.8) is 0 Å². The van der Waals surface area contributed by atoms with Gasteiger partial charge in [-0.1, -0.05) is 6.07 Å². The molecule has 0 bridgehead atoms. The van der Waals surface area contributed by atoms with Gasteiger partial charge in [-0.05, 0) is 43.7 Å². The quantitative estimate of drug-likeness (QED) is 0.618. The fraction of sp³-hybridized carbons (Fsp3) is 0.125. The van der Waals surface area contributed by atoms with Gasteiger partial charge < -0.3 is 0 Å². The van der Waals surface area contributed by atoms with Crippen LogP contribution in [0.4, 0.5) is 0 Å². The molecule has 0 aliphatic rings.